The number of nitro groups is 1. The number of aliphatic imine (C=N–C) groups is 3. The first-order chi connectivity index (χ1) is 14.0. The number of hydrogen-bond donors (Lipinski definition) is 1. The number of nitrogens with zero attached hydrogens (tertiary/aromatic N) is 4. The first-order valence-electron chi connectivity index (χ1n) is 9.00. The highest BCUT2D eigenvalue weighted by Crippen LogP contribution is 2.21. The molecular weight excluding hydrogens is 374 g/mol. The van der Waals surface area contributed by atoms with Gasteiger partial charge in [-0.1, -0.05) is 0 Å². The smallest absolute Gasteiger partial charge is 0.307 e. The van der Waals surface area contributed by atoms with E-state index in [2.05, 4.69) is 20.3 Å². The maximum atomic E-state index is 11.6. The van der Waals surface area contributed by atoms with Gasteiger partial charge in [-0.05, 0) is 62.4 Å². The average Bonchev–Trinajstić information content (AvgIpc) is 2.70. The molecule has 1 aliphatic rings. The predicted molar refractivity (Wildman–Crippen MR) is 113 cm³/mol. The molecule has 0 bridgehead atoms. The molecule has 2 aromatic rings. The van der Waals surface area contributed by atoms with Gasteiger partial charge in [-0.25, -0.2) is 9.98 Å². The maximum Gasteiger partial charge on any atom is 0.307 e. The van der Waals surface area contributed by atoms with Crippen LogP contribution in [-0.4, -0.2) is 42.2 Å². The summed E-state index contributed by atoms with van der Waals surface area (Å²) in [6, 6.07) is 13.0. The number of guanidine groups is 1. The quantitative estimate of drug-likeness (QED) is 0.592. The second-order valence-corrected chi connectivity index (χ2v) is 6.13. The third-order valence-corrected chi connectivity index (χ3v) is 4.10. The molecule has 0 fully saturated rings. The number of nitrogens with one attached hydrogen (secondary N) is 1. The van der Waals surface area contributed by atoms with Gasteiger partial charge in [-0.3, -0.25) is 10.1 Å². The van der Waals surface area contributed by atoms with Gasteiger partial charge >= 0.3 is 6.04 Å². The van der Waals surface area contributed by atoms with E-state index in [9.17, 15) is 10.1 Å². The van der Waals surface area contributed by atoms with Crippen LogP contribution in [0.25, 0.3) is 0 Å². The summed E-state index contributed by atoms with van der Waals surface area (Å²) in [7, 11) is 1.57. The van der Waals surface area contributed by atoms with Crippen molar-refractivity contribution in [3.05, 3.63) is 58.6 Å². The highest BCUT2D eigenvalue weighted by atomic mass is 16.6. The molecule has 1 atom stereocenters. The van der Waals surface area contributed by atoms with E-state index >= 15 is 0 Å². The number of ether oxygens (including phenoxy) is 2. The first-order valence-corrected chi connectivity index (χ1v) is 9.00. The third kappa shape index (κ3) is 4.95. The summed E-state index contributed by atoms with van der Waals surface area (Å²) in [4.78, 5) is 24.0. The summed E-state index contributed by atoms with van der Waals surface area (Å²) in [5.74, 6) is 1.71. The number of methoxy groups -OCH3 is 1. The molecule has 0 aliphatic carbocycles. The van der Waals surface area contributed by atoms with Crippen molar-refractivity contribution in [1.82, 2.24) is 0 Å². The number of amidine groups is 1. The largest absolute Gasteiger partial charge is 0.497 e. The third-order valence-electron chi connectivity index (χ3n) is 4.10. The van der Waals surface area contributed by atoms with Crippen molar-refractivity contribution in [3.63, 3.8) is 0 Å². The number of rotatable bonds is 6. The van der Waals surface area contributed by atoms with E-state index in [4.69, 9.17) is 9.47 Å². The van der Waals surface area contributed by atoms with Crippen molar-refractivity contribution < 1.29 is 14.4 Å². The Morgan fingerprint density at radius 3 is 2.34 bits per heavy atom. The molecular formula is C20H21N5O4. The van der Waals surface area contributed by atoms with Crippen molar-refractivity contribution >= 4 is 28.9 Å². The number of hydrogen-bond acceptors (Lipinski definition) is 6. The Morgan fingerprint density at radius 1 is 1.10 bits per heavy atom. The van der Waals surface area contributed by atoms with Crippen molar-refractivity contribution in [3.8, 4) is 11.5 Å². The highest BCUT2D eigenvalue weighted by Gasteiger charge is 2.34. The summed E-state index contributed by atoms with van der Waals surface area (Å²) in [5, 5.41) is 14.6. The van der Waals surface area contributed by atoms with Crippen molar-refractivity contribution in [2.45, 2.75) is 19.9 Å². The Hall–Kier alpha value is -3.75. The van der Waals surface area contributed by atoms with Gasteiger partial charge in [0.15, 0.2) is 5.84 Å². The fraction of sp³-hybridized carbons (Fsp3) is 0.250. The molecule has 0 aromatic heterocycles. The fourth-order valence-corrected chi connectivity index (χ4v) is 2.73. The number of anilines is 1. The van der Waals surface area contributed by atoms with Crippen LogP contribution in [0.1, 0.15) is 13.8 Å². The molecule has 29 heavy (non-hydrogen) atoms. The molecule has 1 aliphatic heterocycles. The normalized spacial score (nSPS) is 17.3. The van der Waals surface area contributed by atoms with E-state index < -0.39 is 11.0 Å². The van der Waals surface area contributed by atoms with Crippen LogP contribution in [0.3, 0.4) is 0 Å². The molecule has 2 aromatic carbocycles. The topological polar surface area (TPSA) is 111 Å². The average molecular weight is 395 g/mol. The van der Waals surface area contributed by atoms with Gasteiger partial charge in [0.05, 0.1) is 19.4 Å². The minimum atomic E-state index is -1.17. The Bertz CT molecular complexity index is 965. The van der Waals surface area contributed by atoms with Crippen LogP contribution in [-0.2, 0) is 0 Å². The molecule has 3 rings (SSSR count). The van der Waals surface area contributed by atoms with Crippen molar-refractivity contribution in [1.29, 1.82) is 0 Å². The van der Waals surface area contributed by atoms with Crippen LogP contribution in [0.5, 0.6) is 11.5 Å². The van der Waals surface area contributed by atoms with Crippen LogP contribution in [0.4, 0.5) is 11.4 Å². The van der Waals surface area contributed by atoms with E-state index in [0.29, 0.717) is 29.4 Å². The Balaban J connectivity index is 1.90. The van der Waals surface area contributed by atoms with Crippen LogP contribution in [0.15, 0.2) is 63.5 Å². The standard InChI is InChI=1S/C20H21N5O4/c1-4-29-17-11-7-15(8-12-17)23-20-21-13(2)18(25(26)27)19(24-20)22-14-5-9-16(28-3)10-6-14/h5-12,18H,4H2,1-3H3,(H,22,23,24). The summed E-state index contributed by atoms with van der Waals surface area (Å²) in [6.45, 7) is 4.07. The first kappa shape index (κ1) is 20.0. The van der Waals surface area contributed by atoms with E-state index in [1.165, 1.54) is 0 Å². The van der Waals surface area contributed by atoms with Gasteiger partial charge in [0.1, 0.15) is 17.2 Å². The summed E-state index contributed by atoms with van der Waals surface area (Å²) in [5.41, 5.74) is 1.56. The molecule has 9 nitrogen and oxygen atoms in total. The van der Waals surface area contributed by atoms with E-state index in [1.54, 1.807) is 62.6 Å². The number of benzene rings is 2. The molecule has 1 heterocycles. The van der Waals surface area contributed by atoms with Gasteiger partial charge in [0, 0.05) is 10.6 Å². The Morgan fingerprint density at radius 2 is 1.76 bits per heavy atom. The van der Waals surface area contributed by atoms with E-state index in [-0.39, 0.29) is 11.8 Å². The molecule has 1 N–H and O–H groups in total. The summed E-state index contributed by atoms with van der Waals surface area (Å²) < 4.78 is 10.5. The minimum Gasteiger partial charge on any atom is -0.497 e. The fourth-order valence-electron chi connectivity index (χ4n) is 2.73. The zero-order chi connectivity index (χ0) is 20.8. The Kier molecular flexibility index (Phi) is 6.18. The summed E-state index contributed by atoms with van der Waals surface area (Å²) >= 11 is 0. The van der Waals surface area contributed by atoms with E-state index in [1.807, 2.05) is 6.92 Å². The molecule has 1 unspecified atom stereocenters. The lowest BCUT2D eigenvalue weighted by Crippen LogP contribution is -2.43. The van der Waals surface area contributed by atoms with Gasteiger partial charge in [0.2, 0.25) is 0 Å². The van der Waals surface area contributed by atoms with Gasteiger partial charge < -0.3 is 14.8 Å². The summed E-state index contributed by atoms with van der Waals surface area (Å²) in [6.07, 6.45) is 0. The maximum absolute atomic E-state index is 11.6. The lowest BCUT2D eigenvalue weighted by molar-refractivity contribution is -0.484. The lowest BCUT2D eigenvalue weighted by atomic mass is 10.1. The van der Waals surface area contributed by atoms with Crippen LogP contribution in [0.2, 0.25) is 0 Å². The lowest BCUT2D eigenvalue weighted by Gasteiger charge is -2.18. The molecule has 0 saturated carbocycles. The highest BCUT2D eigenvalue weighted by molar-refractivity contribution is 6.22. The molecule has 0 radical (unpaired) electrons. The van der Waals surface area contributed by atoms with Gasteiger partial charge in [0.25, 0.3) is 5.96 Å². The van der Waals surface area contributed by atoms with Crippen molar-refractivity contribution in [2.75, 3.05) is 19.0 Å². The van der Waals surface area contributed by atoms with Gasteiger partial charge in [-0.15, -0.1) is 0 Å². The minimum absolute atomic E-state index is 0.140. The zero-order valence-corrected chi connectivity index (χ0v) is 16.3. The van der Waals surface area contributed by atoms with Gasteiger partial charge in [-0.2, -0.15) is 4.99 Å². The van der Waals surface area contributed by atoms with Crippen LogP contribution in [0, 0.1) is 10.1 Å². The SMILES string of the molecule is CCOc1ccc(N=C2N=C(C)C([N+](=O)[O-])C(Nc3ccc(OC)cc3)=N2)cc1. The zero-order valence-electron chi connectivity index (χ0n) is 16.3. The van der Waals surface area contributed by atoms with Crippen molar-refractivity contribution in [2.24, 2.45) is 15.0 Å². The molecule has 0 saturated heterocycles. The van der Waals surface area contributed by atoms with E-state index in [0.717, 1.165) is 5.75 Å². The van der Waals surface area contributed by atoms with Crippen LogP contribution < -0.4 is 14.8 Å². The molecule has 9 heteroatoms. The molecule has 0 spiro atoms. The second kappa shape index (κ2) is 8.96. The predicted octanol–water partition coefficient (Wildman–Crippen LogP) is 3.71. The molecule has 150 valence electrons. The second-order valence-electron chi connectivity index (χ2n) is 6.13. The molecule has 0 amide bonds. The Labute approximate surface area is 168 Å². The monoisotopic (exact) mass is 395 g/mol. The van der Waals surface area contributed by atoms with Crippen LogP contribution >= 0.6 is 0 Å².